The number of rotatable bonds is 13. The average molecular weight is 340 g/mol. The molecule has 0 fully saturated rings. The molecule has 1 aromatic carbocycles. The first kappa shape index (κ1) is 20.2. The third-order valence-electron chi connectivity index (χ3n) is 3.53. The summed E-state index contributed by atoms with van der Waals surface area (Å²) in [7, 11) is 2.70. The lowest BCUT2D eigenvalue weighted by Gasteiger charge is -2.07. The van der Waals surface area contributed by atoms with Crippen LogP contribution in [0.15, 0.2) is 18.2 Å². The van der Waals surface area contributed by atoms with Gasteiger partial charge in [0.1, 0.15) is 5.78 Å². The third-order valence-corrected chi connectivity index (χ3v) is 4.06. The second kappa shape index (κ2) is 12.6. The largest absolute Gasteiger partial charge is 0.394 e. The monoisotopic (exact) mass is 340 g/mol. The summed E-state index contributed by atoms with van der Waals surface area (Å²) < 4.78 is 10.7. The Kier molecular flexibility index (Phi) is 11.1. The molecule has 5 heteroatoms. The quantitative estimate of drug-likeness (QED) is 0.442. The van der Waals surface area contributed by atoms with E-state index in [1.165, 1.54) is 5.56 Å². The normalized spacial score (nSPS) is 10.9. The Hall–Kier alpha value is -0.800. The highest BCUT2D eigenvalue weighted by Crippen LogP contribution is 2.07. The number of carbonyl (C=O) groups excluding carboxylic acids is 1. The summed E-state index contributed by atoms with van der Waals surface area (Å²) in [6.07, 6.45) is 3.94. The van der Waals surface area contributed by atoms with Crippen LogP contribution in [0.2, 0.25) is 0 Å². The van der Waals surface area contributed by atoms with E-state index in [1.807, 2.05) is 19.1 Å². The molecule has 0 spiro atoms. The lowest BCUT2D eigenvalue weighted by Crippen LogP contribution is -2.12. The Balaban J connectivity index is 2.02. The highest BCUT2D eigenvalue weighted by atomic mass is 31.0. The van der Waals surface area contributed by atoms with Crippen LogP contribution in [0.3, 0.4) is 0 Å². The summed E-state index contributed by atoms with van der Waals surface area (Å²) in [4.78, 5) is 12.0. The number of Topliss-reactive ketones (excluding diaryl/α,β-unsaturated/α-hetero) is 1. The number of aryl methyl sites for hydroxylation is 1. The topological polar surface area (TPSA) is 55.8 Å². The number of ether oxygens (including phenoxy) is 2. The van der Waals surface area contributed by atoms with Crippen LogP contribution in [0.25, 0.3) is 0 Å². The van der Waals surface area contributed by atoms with Gasteiger partial charge in [0.25, 0.3) is 0 Å². The van der Waals surface area contributed by atoms with E-state index < -0.39 is 0 Å². The molecule has 0 heterocycles. The SMILES string of the molecule is Cc1ccc(CC(=O)CCOCCCCCOCCO)c(P)c1. The molecule has 1 rings (SSSR count). The van der Waals surface area contributed by atoms with Gasteiger partial charge in [0.2, 0.25) is 0 Å². The van der Waals surface area contributed by atoms with Crippen molar-refractivity contribution in [2.75, 3.05) is 33.0 Å². The van der Waals surface area contributed by atoms with Gasteiger partial charge in [-0.1, -0.05) is 23.8 Å². The first-order valence-corrected chi connectivity index (χ1v) is 8.84. The van der Waals surface area contributed by atoms with Crippen molar-refractivity contribution in [3.8, 4) is 0 Å². The van der Waals surface area contributed by atoms with E-state index in [2.05, 4.69) is 15.3 Å². The Morgan fingerprint density at radius 3 is 2.43 bits per heavy atom. The second-order valence-corrected chi connectivity index (χ2v) is 6.30. The molecule has 0 aromatic heterocycles. The fraction of sp³-hybridized carbons (Fsp3) is 0.611. The number of unbranched alkanes of at least 4 members (excludes halogenated alkanes) is 2. The summed E-state index contributed by atoms with van der Waals surface area (Å²) >= 11 is 0. The molecule has 0 amide bonds. The molecule has 1 atom stereocenters. The minimum atomic E-state index is 0.0813. The molecule has 0 aliphatic rings. The number of hydrogen-bond acceptors (Lipinski definition) is 4. The van der Waals surface area contributed by atoms with Crippen molar-refractivity contribution < 1.29 is 19.4 Å². The second-order valence-electron chi connectivity index (χ2n) is 5.68. The van der Waals surface area contributed by atoms with Gasteiger partial charge >= 0.3 is 0 Å². The minimum absolute atomic E-state index is 0.0813. The molecule has 0 aliphatic carbocycles. The van der Waals surface area contributed by atoms with Gasteiger partial charge in [0.05, 0.1) is 19.8 Å². The molecular weight excluding hydrogens is 311 g/mol. The zero-order chi connectivity index (χ0) is 16.9. The van der Waals surface area contributed by atoms with Gasteiger partial charge in [0, 0.05) is 26.1 Å². The van der Waals surface area contributed by atoms with Gasteiger partial charge in [-0.25, -0.2) is 0 Å². The predicted molar refractivity (Wildman–Crippen MR) is 96.4 cm³/mol. The molecule has 1 aromatic rings. The summed E-state index contributed by atoms with van der Waals surface area (Å²) in [6, 6.07) is 6.14. The van der Waals surface area contributed by atoms with Crippen LogP contribution in [0, 0.1) is 6.92 Å². The van der Waals surface area contributed by atoms with Gasteiger partial charge < -0.3 is 14.6 Å². The number of carbonyl (C=O) groups is 1. The number of aliphatic hydroxyl groups excluding tert-OH is 1. The number of hydrogen-bond donors (Lipinski definition) is 1. The molecule has 1 unspecified atom stereocenters. The molecule has 0 radical (unpaired) electrons. The number of ketones is 1. The van der Waals surface area contributed by atoms with Crippen molar-refractivity contribution in [2.24, 2.45) is 0 Å². The smallest absolute Gasteiger partial charge is 0.139 e. The fourth-order valence-corrected chi connectivity index (χ4v) is 2.68. The first-order chi connectivity index (χ1) is 11.1. The Morgan fingerprint density at radius 2 is 1.78 bits per heavy atom. The highest BCUT2D eigenvalue weighted by molar-refractivity contribution is 7.27. The zero-order valence-corrected chi connectivity index (χ0v) is 15.2. The van der Waals surface area contributed by atoms with Gasteiger partial charge in [-0.3, -0.25) is 4.79 Å². The summed E-state index contributed by atoms with van der Waals surface area (Å²) in [5, 5.41) is 9.66. The number of aliphatic hydroxyl groups is 1. The molecule has 1 N–H and O–H groups in total. The van der Waals surface area contributed by atoms with Crippen LogP contribution in [0.4, 0.5) is 0 Å². The van der Waals surface area contributed by atoms with E-state index in [-0.39, 0.29) is 12.4 Å². The summed E-state index contributed by atoms with van der Waals surface area (Å²) in [5.74, 6) is 0.218. The molecule has 0 bridgehead atoms. The van der Waals surface area contributed by atoms with Crippen LogP contribution in [-0.4, -0.2) is 43.9 Å². The fourth-order valence-electron chi connectivity index (χ4n) is 2.22. The van der Waals surface area contributed by atoms with Crippen molar-refractivity contribution in [3.05, 3.63) is 29.3 Å². The predicted octanol–water partition coefficient (Wildman–Crippen LogP) is 2.19. The zero-order valence-electron chi connectivity index (χ0n) is 14.1. The van der Waals surface area contributed by atoms with E-state index in [1.54, 1.807) is 0 Å². The summed E-state index contributed by atoms with van der Waals surface area (Å²) in [5.41, 5.74) is 2.28. The van der Waals surface area contributed by atoms with Crippen molar-refractivity contribution in [3.63, 3.8) is 0 Å². The van der Waals surface area contributed by atoms with E-state index in [9.17, 15) is 4.79 Å². The molecule has 130 valence electrons. The Labute approximate surface area is 141 Å². The van der Waals surface area contributed by atoms with Crippen LogP contribution in [-0.2, 0) is 20.7 Å². The van der Waals surface area contributed by atoms with Crippen molar-refractivity contribution >= 4 is 20.3 Å². The summed E-state index contributed by atoms with van der Waals surface area (Å²) in [6.45, 7) is 4.42. The first-order valence-electron chi connectivity index (χ1n) is 8.26. The maximum Gasteiger partial charge on any atom is 0.139 e. The molecule has 23 heavy (non-hydrogen) atoms. The lowest BCUT2D eigenvalue weighted by molar-refractivity contribution is -0.119. The standard InChI is InChI=1S/C18H29O4P/c1-15-5-6-16(18(23)13-15)14-17(20)7-11-21-9-3-2-4-10-22-12-8-19/h5-6,13,19H,2-4,7-12,14,23H2,1H3. The van der Waals surface area contributed by atoms with E-state index in [0.717, 1.165) is 30.1 Å². The Bertz CT molecular complexity index is 462. The Morgan fingerprint density at radius 1 is 1.09 bits per heavy atom. The van der Waals surface area contributed by atoms with E-state index in [4.69, 9.17) is 14.6 Å². The van der Waals surface area contributed by atoms with E-state index >= 15 is 0 Å². The van der Waals surface area contributed by atoms with Gasteiger partial charge in [0.15, 0.2) is 0 Å². The van der Waals surface area contributed by atoms with Crippen LogP contribution >= 0.6 is 9.24 Å². The minimum Gasteiger partial charge on any atom is -0.394 e. The van der Waals surface area contributed by atoms with Crippen molar-refractivity contribution in [1.82, 2.24) is 0 Å². The maximum atomic E-state index is 12.0. The average Bonchev–Trinajstić information content (AvgIpc) is 2.52. The van der Waals surface area contributed by atoms with Gasteiger partial charge in [-0.05, 0) is 37.1 Å². The van der Waals surface area contributed by atoms with Crippen LogP contribution in [0.1, 0.15) is 36.8 Å². The number of benzene rings is 1. The van der Waals surface area contributed by atoms with Crippen LogP contribution < -0.4 is 5.30 Å². The molecular formula is C18H29O4P. The molecule has 0 saturated heterocycles. The van der Waals surface area contributed by atoms with Crippen LogP contribution in [0.5, 0.6) is 0 Å². The molecule has 0 aliphatic heterocycles. The van der Waals surface area contributed by atoms with E-state index in [0.29, 0.717) is 39.3 Å². The third kappa shape index (κ3) is 9.83. The van der Waals surface area contributed by atoms with Gasteiger partial charge in [-0.2, -0.15) is 0 Å². The molecule has 4 nitrogen and oxygen atoms in total. The molecule has 0 saturated carbocycles. The van der Waals surface area contributed by atoms with Crippen molar-refractivity contribution in [1.29, 1.82) is 0 Å². The lowest BCUT2D eigenvalue weighted by atomic mass is 10.1. The highest BCUT2D eigenvalue weighted by Gasteiger charge is 2.06. The van der Waals surface area contributed by atoms with Gasteiger partial charge in [-0.15, -0.1) is 9.24 Å². The van der Waals surface area contributed by atoms with Crippen molar-refractivity contribution in [2.45, 2.75) is 39.0 Å². The maximum absolute atomic E-state index is 12.0.